The predicted octanol–water partition coefficient (Wildman–Crippen LogP) is 4.32. The summed E-state index contributed by atoms with van der Waals surface area (Å²) in [6, 6.07) is 11.4. The van der Waals surface area contributed by atoms with E-state index in [4.69, 9.17) is 4.42 Å². The molecule has 7 nitrogen and oxygen atoms in total. The Kier molecular flexibility index (Phi) is 4.12. The molecular weight excluding hydrogens is 342 g/mol. The molecule has 7 heteroatoms. The minimum atomic E-state index is -0.472. The SMILES string of the molecule is Cc1cnc(Nc2cccc(C)c2C)nc1Nc1ccc2oc(=O)[nH]c2c1. The highest BCUT2D eigenvalue weighted by Gasteiger charge is 2.08. The average molecular weight is 361 g/mol. The van der Waals surface area contributed by atoms with E-state index in [1.54, 1.807) is 18.3 Å². The minimum Gasteiger partial charge on any atom is -0.408 e. The van der Waals surface area contributed by atoms with Crippen LogP contribution >= 0.6 is 0 Å². The molecule has 0 aliphatic carbocycles. The third kappa shape index (κ3) is 3.39. The Morgan fingerprint density at radius 1 is 1.04 bits per heavy atom. The molecule has 0 saturated carbocycles. The lowest BCUT2D eigenvalue weighted by Crippen LogP contribution is -2.04. The van der Waals surface area contributed by atoms with Crippen LogP contribution in [0.25, 0.3) is 11.1 Å². The quantitative estimate of drug-likeness (QED) is 0.501. The molecule has 0 bridgehead atoms. The van der Waals surface area contributed by atoms with Crippen molar-refractivity contribution in [1.82, 2.24) is 15.0 Å². The number of fused-ring (bicyclic) bond motifs is 1. The van der Waals surface area contributed by atoms with Gasteiger partial charge < -0.3 is 15.1 Å². The maximum atomic E-state index is 11.3. The van der Waals surface area contributed by atoms with Gasteiger partial charge in [0.05, 0.1) is 5.52 Å². The number of hydrogen-bond acceptors (Lipinski definition) is 6. The number of rotatable bonds is 4. The van der Waals surface area contributed by atoms with E-state index in [0.29, 0.717) is 22.9 Å². The highest BCUT2D eigenvalue weighted by Crippen LogP contribution is 2.25. The zero-order valence-electron chi connectivity index (χ0n) is 15.3. The number of aromatic amines is 1. The fraction of sp³-hybridized carbons (Fsp3) is 0.150. The smallest absolute Gasteiger partial charge is 0.408 e. The summed E-state index contributed by atoms with van der Waals surface area (Å²) >= 11 is 0. The number of oxazole rings is 1. The summed E-state index contributed by atoms with van der Waals surface area (Å²) in [5.41, 5.74) is 6.18. The third-order valence-electron chi connectivity index (χ3n) is 4.50. The maximum Gasteiger partial charge on any atom is 0.417 e. The van der Waals surface area contributed by atoms with Gasteiger partial charge in [0.25, 0.3) is 0 Å². The molecular formula is C20H19N5O2. The fourth-order valence-corrected chi connectivity index (χ4v) is 2.80. The lowest BCUT2D eigenvalue weighted by atomic mass is 10.1. The summed E-state index contributed by atoms with van der Waals surface area (Å²) in [4.78, 5) is 22.9. The molecule has 136 valence electrons. The highest BCUT2D eigenvalue weighted by atomic mass is 16.4. The zero-order chi connectivity index (χ0) is 19.0. The Morgan fingerprint density at radius 2 is 1.89 bits per heavy atom. The monoisotopic (exact) mass is 361 g/mol. The van der Waals surface area contributed by atoms with Gasteiger partial charge in [-0.1, -0.05) is 12.1 Å². The average Bonchev–Trinajstić information content (AvgIpc) is 3.01. The molecule has 4 rings (SSSR count). The van der Waals surface area contributed by atoms with Crippen LogP contribution in [0.5, 0.6) is 0 Å². The first-order valence-corrected chi connectivity index (χ1v) is 8.56. The van der Waals surface area contributed by atoms with Gasteiger partial charge in [-0.2, -0.15) is 4.98 Å². The van der Waals surface area contributed by atoms with Gasteiger partial charge in [-0.3, -0.25) is 4.98 Å². The zero-order valence-corrected chi connectivity index (χ0v) is 15.3. The van der Waals surface area contributed by atoms with Gasteiger partial charge in [-0.05, 0) is 56.2 Å². The van der Waals surface area contributed by atoms with Gasteiger partial charge in [0.1, 0.15) is 5.82 Å². The number of nitrogens with one attached hydrogen (secondary N) is 3. The van der Waals surface area contributed by atoms with Crippen molar-refractivity contribution in [1.29, 1.82) is 0 Å². The van der Waals surface area contributed by atoms with E-state index in [1.165, 1.54) is 5.56 Å². The molecule has 0 amide bonds. The Hall–Kier alpha value is -3.61. The van der Waals surface area contributed by atoms with Crippen LogP contribution in [0, 0.1) is 20.8 Å². The first-order valence-electron chi connectivity index (χ1n) is 8.56. The first kappa shape index (κ1) is 16.8. The Morgan fingerprint density at radius 3 is 2.74 bits per heavy atom. The molecule has 27 heavy (non-hydrogen) atoms. The van der Waals surface area contributed by atoms with Crippen molar-refractivity contribution in [3.63, 3.8) is 0 Å². The number of anilines is 4. The predicted molar refractivity (Wildman–Crippen MR) is 106 cm³/mol. The second-order valence-electron chi connectivity index (χ2n) is 6.45. The Labute approximate surface area is 155 Å². The first-order chi connectivity index (χ1) is 13.0. The lowest BCUT2D eigenvalue weighted by Gasteiger charge is -2.13. The summed E-state index contributed by atoms with van der Waals surface area (Å²) in [5.74, 6) is 0.720. The lowest BCUT2D eigenvalue weighted by molar-refractivity contribution is 0.555. The standard InChI is InChI=1S/C20H19N5O2/c1-11-5-4-6-15(13(11)3)23-19-21-10-12(2)18(25-19)22-14-7-8-17-16(9-14)24-20(26)27-17/h4-10H,1-3H3,(H,24,26)(H2,21,22,23,25). The molecule has 0 spiro atoms. The van der Waals surface area contributed by atoms with Crippen molar-refractivity contribution in [2.24, 2.45) is 0 Å². The van der Waals surface area contributed by atoms with Crippen LogP contribution in [0.1, 0.15) is 16.7 Å². The second kappa shape index (κ2) is 6.60. The number of benzene rings is 2. The van der Waals surface area contributed by atoms with Gasteiger partial charge in [-0.25, -0.2) is 9.78 Å². The summed E-state index contributed by atoms with van der Waals surface area (Å²) in [5, 5.41) is 6.55. The van der Waals surface area contributed by atoms with Crippen LogP contribution in [0.3, 0.4) is 0 Å². The van der Waals surface area contributed by atoms with Crippen molar-refractivity contribution in [3.05, 3.63) is 69.8 Å². The van der Waals surface area contributed by atoms with Crippen LogP contribution < -0.4 is 16.4 Å². The number of H-pyrrole nitrogens is 1. The van der Waals surface area contributed by atoms with Crippen molar-refractivity contribution in [3.8, 4) is 0 Å². The van der Waals surface area contributed by atoms with E-state index in [9.17, 15) is 4.79 Å². The molecule has 2 heterocycles. The third-order valence-corrected chi connectivity index (χ3v) is 4.50. The van der Waals surface area contributed by atoms with E-state index in [0.717, 1.165) is 22.5 Å². The molecule has 0 fully saturated rings. The topological polar surface area (TPSA) is 95.8 Å². The second-order valence-corrected chi connectivity index (χ2v) is 6.45. The molecule has 0 aliphatic rings. The minimum absolute atomic E-state index is 0.472. The van der Waals surface area contributed by atoms with Crippen molar-refractivity contribution in [2.75, 3.05) is 10.6 Å². The summed E-state index contributed by atoms with van der Waals surface area (Å²) in [6.45, 7) is 6.06. The number of aromatic nitrogens is 3. The molecule has 0 unspecified atom stereocenters. The summed E-state index contributed by atoms with van der Waals surface area (Å²) in [6.07, 6.45) is 1.76. The van der Waals surface area contributed by atoms with Gasteiger partial charge in [-0.15, -0.1) is 0 Å². The highest BCUT2D eigenvalue weighted by molar-refractivity contribution is 5.78. The molecule has 0 saturated heterocycles. The molecule has 0 aliphatic heterocycles. The van der Waals surface area contributed by atoms with Gasteiger partial charge in [0.15, 0.2) is 5.58 Å². The number of hydrogen-bond donors (Lipinski definition) is 3. The van der Waals surface area contributed by atoms with Crippen LogP contribution in [-0.2, 0) is 0 Å². The largest absolute Gasteiger partial charge is 0.417 e. The van der Waals surface area contributed by atoms with Gasteiger partial charge >= 0.3 is 5.76 Å². The normalized spacial score (nSPS) is 10.9. The van der Waals surface area contributed by atoms with Crippen LogP contribution in [0.2, 0.25) is 0 Å². The molecule has 3 N–H and O–H groups in total. The number of nitrogens with zero attached hydrogens (tertiary/aromatic N) is 2. The van der Waals surface area contributed by atoms with E-state index in [2.05, 4.69) is 45.5 Å². The molecule has 4 aromatic rings. The molecule has 0 atom stereocenters. The van der Waals surface area contributed by atoms with Crippen molar-refractivity contribution >= 4 is 34.2 Å². The molecule has 0 radical (unpaired) electrons. The molecule has 2 aromatic carbocycles. The summed E-state index contributed by atoms with van der Waals surface area (Å²) in [7, 11) is 0. The van der Waals surface area contributed by atoms with Crippen LogP contribution in [0.15, 0.2) is 51.8 Å². The maximum absolute atomic E-state index is 11.3. The van der Waals surface area contributed by atoms with Crippen molar-refractivity contribution < 1.29 is 4.42 Å². The van der Waals surface area contributed by atoms with E-state index in [-0.39, 0.29) is 0 Å². The molecule has 2 aromatic heterocycles. The van der Waals surface area contributed by atoms with Gasteiger partial charge in [0.2, 0.25) is 5.95 Å². The van der Waals surface area contributed by atoms with E-state index < -0.39 is 5.76 Å². The fourth-order valence-electron chi connectivity index (χ4n) is 2.80. The Balaban J connectivity index is 1.63. The van der Waals surface area contributed by atoms with Gasteiger partial charge in [0, 0.05) is 23.1 Å². The van der Waals surface area contributed by atoms with E-state index in [1.807, 2.05) is 25.1 Å². The van der Waals surface area contributed by atoms with Crippen molar-refractivity contribution in [2.45, 2.75) is 20.8 Å². The van der Waals surface area contributed by atoms with Crippen LogP contribution in [0.4, 0.5) is 23.1 Å². The van der Waals surface area contributed by atoms with E-state index >= 15 is 0 Å². The summed E-state index contributed by atoms with van der Waals surface area (Å²) < 4.78 is 5.03. The number of aryl methyl sites for hydroxylation is 2. The van der Waals surface area contributed by atoms with Crippen LogP contribution in [-0.4, -0.2) is 15.0 Å². The Bertz CT molecular complexity index is 1190.